The van der Waals surface area contributed by atoms with Gasteiger partial charge >= 0.3 is 0 Å². The van der Waals surface area contributed by atoms with Crippen molar-refractivity contribution >= 4 is 5.91 Å². The highest BCUT2D eigenvalue weighted by atomic mass is 16.5. The van der Waals surface area contributed by atoms with Gasteiger partial charge < -0.3 is 20.7 Å². The fourth-order valence-electron chi connectivity index (χ4n) is 2.47. The Labute approximate surface area is 126 Å². The number of nitrogens with one attached hydrogen (secondary N) is 3. The summed E-state index contributed by atoms with van der Waals surface area (Å²) in [6.45, 7) is 4.45. The predicted octanol–water partition coefficient (Wildman–Crippen LogP) is 1.04. The second kappa shape index (κ2) is 8.00. The van der Waals surface area contributed by atoms with Gasteiger partial charge in [-0.3, -0.25) is 4.79 Å². The molecule has 1 fully saturated rings. The fourth-order valence-corrected chi connectivity index (χ4v) is 2.47. The Morgan fingerprint density at radius 1 is 1.38 bits per heavy atom. The minimum Gasteiger partial charge on any atom is -0.497 e. The summed E-state index contributed by atoms with van der Waals surface area (Å²) in [6.07, 6.45) is 1.81. The smallest absolute Gasteiger partial charge is 0.237 e. The molecule has 1 heterocycles. The largest absolute Gasteiger partial charge is 0.497 e. The molecule has 21 heavy (non-hydrogen) atoms. The normalized spacial score (nSPS) is 21.2. The van der Waals surface area contributed by atoms with E-state index in [0.29, 0.717) is 6.04 Å². The number of ether oxygens (including phenoxy) is 1. The van der Waals surface area contributed by atoms with Crippen LogP contribution in [0.25, 0.3) is 0 Å². The van der Waals surface area contributed by atoms with Crippen molar-refractivity contribution in [3.63, 3.8) is 0 Å². The Morgan fingerprint density at radius 3 is 2.81 bits per heavy atom. The van der Waals surface area contributed by atoms with Crippen molar-refractivity contribution in [2.24, 2.45) is 0 Å². The Balaban J connectivity index is 1.73. The van der Waals surface area contributed by atoms with Crippen LogP contribution in [0.2, 0.25) is 0 Å². The van der Waals surface area contributed by atoms with Gasteiger partial charge in [0.25, 0.3) is 0 Å². The van der Waals surface area contributed by atoms with Gasteiger partial charge in [-0.25, -0.2) is 0 Å². The van der Waals surface area contributed by atoms with E-state index in [0.717, 1.165) is 38.2 Å². The molecule has 1 aromatic carbocycles. The number of carbonyl (C=O) groups is 1. The Kier molecular flexibility index (Phi) is 6.02. The van der Waals surface area contributed by atoms with Crippen molar-refractivity contribution in [1.82, 2.24) is 16.0 Å². The van der Waals surface area contributed by atoms with Gasteiger partial charge in [-0.05, 0) is 30.5 Å². The van der Waals surface area contributed by atoms with Crippen molar-refractivity contribution in [3.8, 4) is 5.75 Å². The molecular weight excluding hydrogens is 266 g/mol. The van der Waals surface area contributed by atoms with Crippen molar-refractivity contribution in [2.75, 3.05) is 20.2 Å². The minimum atomic E-state index is -0.0649. The summed E-state index contributed by atoms with van der Waals surface area (Å²) in [7, 11) is 1.67. The van der Waals surface area contributed by atoms with E-state index in [1.807, 2.05) is 12.1 Å². The Hall–Kier alpha value is -1.59. The first-order chi connectivity index (χ1) is 10.2. The molecule has 0 bridgehead atoms. The number of amides is 1. The van der Waals surface area contributed by atoms with Gasteiger partial charge in [0.2, 0.25) is 5.91 Å². The van der Waals surface area contributed by atoms with Crippen LogP contribution in [-0.2, 0) is 11.3 Å². The first-order valence-corrected chi connectivity index (χ1v) is 7.60. The summed E-state index contributed by atoms with van der Waals surface area (Å²) < 4.78 is 5.14. The number of methoxy groups -OCH3 is 1. The van der Waals surface area contributed by atoms with Crippen LogP contribution in [-0.4, -0.2) is 38.2 Å². The molecule has 0 spiro atoms. The zero-order valence-electron chi connectivity index (χ0n) is 12.8. The molecule has 0 saturated carbocycles. The lowest BCUT2D eigenvalue weighted by molar-refractivity contribution is -0.122. The third-order valence-electron chi connectivity index (χ3n) is 3.75. The van der Waals surface area contributed by atoms with Gasteiger partial charge in [0.05, 0.1) is 13.2 Å². The molecular formula is C16H25N3O2. The Bertz CT molecular complexity index is 447. The summed E-state index contributed by atoms with van der Waals surface area (Å²) in [4.78, 5) is 11.9. The maximum atomic E-state index is 11.9. The van der Waals surface area contributed by atoms with E-state index in [-0.39, 0.29) is 11.9 Å². The van der Waals surface area contributed by atoms with Crippen LogP contribution in [0.4, 0.5) is 0 Å². The second-order valence-electron chi connectivity index (χ2n) is 5.41. The molecule has 5 heteroatoms. The quantitative estimate of drug-likeness (QED) is 0.702. The molecule has 1 aliphatic heterocycles. The molecule has 1 aromatic rings. The second-order valence-corrected chi connectivity index (χ2v) is 5.41. The van der Waals surface area contributed by atoms with E-state index in [9.17, 15) is 4.79 Å². The van der Waals surface area contributed by atoms with E-state index in [2.05, 4.69) is 35.0 Å². The molecule has 2 rings (SSSR count). The van der Waals surface area contributed by atoms with E-state index < -0.39 is 0 Å². The molecule has 0 radical (unpaired) electrons. The number of carbonyl (C=O) groups excluding carboxylic acids is 1. The molecule has 116 valence electrons. The van der Waals surface area contributed by atoms with Crippen LogP contribution >= 0.6 is 0 Å². The highest BCUT2D eigenvalue weighted by molar-refractivity contribution is 5.82. The van der Waals surface area contributed by atoms with Crippen LogP contribution in [0.1, 0.15) is 25.3 Å². The van der Waals surface area contributed by atoms with Gasteiger partial charge in [-0.2, -0.15) is 0 Å². The summed E-state index contributed by atoms with van der Waals surface area (Å²) in [5, 5.41) is 9.71. The van der Waals surface area contributed by atoms with E-state index in [1.165, 1.54) is 5.56 Å². The zero-order chi connectivity index (χ0) is 15.1. The minimum absolute atomic E-state index is 0.0649. The van der Waals surface area contributed by atoms with Crippen LogP contribution in [0, 0.1) is 0 Å². The van der Waals surface area contributed by atoms with Crippen molar-refractivity contribution in [1.29, 1.82) is 0 Å². The number of hydrogen-bond donors (Lipinski definition) is 3. The molecule has 0 aliphatic carbocycles. The summed E-state index contributed by atoms with van der Waals surface area (Å²) in [5.74, 6) is 0.986. The van der Waals surface area contributed by atoms with Gasteiger partial charge in [0.15, 0.2) is 0 Å². The van der Waals surface area contributed by atoms with Crippen LogP contribution < -0.4 is 20.7 Å². The molecule has 1 aliphatic rings. The number of hydrogen-bond acceptors (Lipinski definition) is 4. The zero-order valence-corrected chi connectivity index (χ0v) is 12.8. The van der Waals surface area contributed by atoms with Crippen molar-refractivity contribution in [2.45, 2.75) is 38.4 Å². The van der Waals surface area contributed by atoms with Gasteiger partial charge in [0.1, 0.15) is 5.75 Å². The molecule has 1 saturated heterocycles. The van der Waals surface area contributed by atoms with Crippen LogP contribution in [0.3, 0.4) is 0 Å². The van der Waals surface area contributed by atoms with Gasteiger partial charge in [-0.1, -0.05) is 19.1 Å². The van der Waals surface area contributed by atoms with E-state index in [4.69, 9.17) is 4.74 Å². The molecule has 1 amide bonds. The van der Waals surface area contributed by atoms with E-state index >= 15 is 0 Å². The first-order valence-electron chi connectivity index (χ1n) is 7.60. The topological polar surface area (TPSA) is 62.4 Å². The predicted molar refractivity (Wildman–Crippen MR) is 83.3 cm³/mol. The lowest BCUT2D eigenvalue weighted by Crippen LogP contribution is -2.40. The molecule has 5 nitrogen and oxygen atoms in total. The third kappa shape index (κ3) is 4.72. The molecule has 0 aromatic heterocycles. The highest BCUT2D eigenvalue weighted by Gasteiger charge is 2.28. The monoisotopic (exact) mass is 291 g/mol. The van der Waals surface area contributed by atoms with Gasteiger partial charge in [0, 0.05) is 25.7 Å². The standard InChI is InChI=1S/C16H25N3O2/c1-3-8-17-16(20)15-9-13(11-19-15)18-10-12-4-6-14(21-2)7-5-12/h4-7,13,15,18-19H,3,8-11H2,1-2H3,(H,17,20). The van der Waals surface area contributed by atoms with E-state index in [1.54, 1.807) is 7.11 Å². The summed E-state index contributed by atoms with van der Waals surface area (Å²) in [6, 6.07) is 8.31. The summed E-state index contributed by atoms with van der Waals surface area (Å²) in [5.41, 5.74) is 1.22. The van der Waals surface area contributed by atoms with Crippen molar-refractivity contribution in [3.05, 3.63) is 29.8 Å². The number of benzene rings is 1. The van der Waals surface area contributed by atoms with Crippen LogP contribution in [0.15, 0.2) is 24.3 Å². The lowest BCUT2D eigenvalue weighted by Gasteiger charge is -2.12. The summed E-state index contributed by atoms with van der Waals surface area (Å²) >= 11 is 0. The molecule has 2 unspecified atom stereocenters. The average molecular weight is 291 g/mol. The maximum absolute atomic E-state index is 11.9. The molecule has 2 atom stereocenters. The average Bonchev–Trinajstić information content (AvgIpc) is 3.00. The lowest BCUT2D eigenvalue weighted by atomic mass is 10.1. The van der Waals surface area contributed by atoms with Crippen LogP contribution in [0.5, 0.6) is 5.75 Å². The molecule has 3 N–H and O–H groups in total. The number of rotatable bonds is 7. The van der Waals surface area contributed by atoms with Gasteiger partial charge in [-0.15, -0.1) is 0 Å². The SMILES string of the molecule is CCCNC(=O)C1CC(NCc2ccc(OC)cc2)CN1. The highest BCUT2D eigenvalue weighted by Crippen LogP contribution is 2.12. The fraction of sp³-hybridized carbons (Fsp3) is 0.562. The van der Waals surface area contributed by atoms with Crippen molar-refractivity contribution < 1.29 is 9.53 Å². The maximum Gasteiger partial charge on any atom is 0.237 e. The third-order valence-corrected chi connectivity index (χ3v) is 3.75. The first kappa shape index (κ1) is 15.8. The Morgan fingerprint density at radius 2 is 2.14 bits per heavy atom.